The molecule has 0 aliphatic carbocycles. The molecule has 4 aromatic carbocycles. The van der Waals surface area contributed by atoms with Gasteiger partial charge in [0.1, 0.15) is 5.69 Å². The Morgan fingerprint density at radius 3 is 2.08 bits per heavy atom. The van der Waals surface area contributed by atoms with Gasteiger partial charge in [-0.05, 0) is 41.8 Å². The molecule has 5 rings (SSSR count). The molecule has 0 aliphatic heterocycles. The number of hydrogen-bond acceptors (Lipinski definition) is 2. The molecule has 5 aromatic rings. The molecule has 0 saturated carbocycles. The minimum Gasteiger partial charge on any atom is -0.344 e. The van der Waals surface area contributed by atoms with E-state index in [-0.39, 0.29) is 11.9 Å². The summed E-state index contributed by atoms with van der Waals surface area (Å²) >= 11 is 12.4. The molecule has 0 aliphatic rings. The van der Waals surface area contributed by atoms with Crippen molar-refractivity contribution < 1.29 is 4.79 Å². The molecule has 4 nitrogen and oxygen atoms in total. The maximum atomic E-state index is 13.8. The van der Waals surface area contributed by atoms with Crippen LogP contribution in [-0.2, 0) is 6.42 Å². The average molecular weight is 512 g/mol. The summed E-state index contributed by atoms with van der Waals surface area (Å²) in [7, 11) is 0. The lowest BCUT2D eigenvalue weighted by Crippen LogP contribution is -2.31. The van der Waals surface area contributed by atoms with Crippen LogP contribution in [0.5, 0.6) is 0 Å². The molecular formula is C30H23Cl2N3O. The van der Waals surface area contributed by atoms with Crippen molar-refractivity contribution >= 4 is 29.1 Å². The van der Waals surface area contributed by atoms with E-state index in [0.717, 1.165) is 16.7 Å². The van der Waals surface area contributed by atoms with Crippen molar-refractivity contribution in [1.82, 2.24) is 15.1 Å². The van der Waals surface area contributed by atoms with E-state index >= 15 is 0 Å². The third-order valence-electron chi connectivity index (χ3n) is 5.95. The second-order valence-electron chi connectivity index (χ2n) is 8.42. The average Bonchev–Trinajstić information content (AvgIpc) is 3.37. The first kappa shape index (κ1) is 23.9. The molecule has 0 radical (unpaired) electrons. The fourth-order valence-corrected chi connectivity index (χ4v) is 4.42. The summed E-state index contributed by atoms with van der Waals surface area (Å²) in [6.45, 7) is 0. The van der Waals surface area contributed by atoms with Gasteiger partial charge in [-0.3, -0.25) is 4.79 Å². The Hall–Kier alpha value is -3.86. The van der Waals surface area contributed by atoms with Crippen LogP contribution in [0.2, 0.25) is 10.0 Å². The summed E-state index contributed by atoms with van der Waals surface area (Å²) in [4.78, 5) is 13.8. The van der Waals surface area contributed by atoms with Crippen LogP contribution >= 0.6 is 23.2 Å². The van der Waals surface area contributed by atoms with E-state index in [1.807, 2.05) is 78.9 Å². The highest BCUT2D eigenvalue weighted by molar-refractivity contribution is 6.42. The van der Waals surface area contributed by atoms with E-state index in [1.165, 1.54) is 0 Å². The lowest BCUT2D eigenvalue weighted by atomic mass is 9.98. The highest BCUT2D eigenvalue weighted by Gasteiger charge is 2.22. The fraction of sp³-hybridized carbons (Fsp3) is 0.0667. The zero-order valence-corrected chi connectivity index (χ0v) is 20.8. The monoisotopic (exact) mass is 511 g/mol. The number of nitrogens with zero attached hydrogens (tertiary/aromatic N) is 2. The van der Waals surface area contributed by atoms with Crippen LogP contribution in [0.25, 0.3) is 16.9 Å². The number of nitrogens with one attached hydrogen (secondary N) is 1. The summed E-state index contributed by atoms with van der Waals surface area (Å²) in [6.07, 6.45) is 0.656. The van der Waals surface area contributed by atoms with E-state index in [2.05, 4.69) is 17.4 Å². The molecule has 1 N–H and O–H groups in total. The first-order valence-electron chi connectivity index (χ1n) is 11.6. The van der Waals surface area contributed by atoms with Crippen molar-refractivity contribution in [1.29, 1.82) is 0 Å². The van der Waals surface area contributed by atoms with Crippen LogP contribution in [0.3, 0.4) is 0 Å². The molecule has 1 atom stereocenters. The predicted molar refractivity (Wildman–Crippen MR) is 146 cm³/mol. The number of hydrogen-bond donors (Lipinski definition) is 1. The number of aromatic nitrogens is 2. The van der Waals surface area contributed by atoms with Crippen molar-refractivity contribution in [2.75, 3.05) is 0 Å². The van der Waals surface area contributed by atoms with E-state index < -0.39 is 0 Å². The Morgan fingerprint density at radius 2 is 1.42 bits per heavy atom. The third-order valence-corrected chi connectivity index (χ3v) is 6.69. The van der Waals surface area contributed by atoms with Crippen molar-refractivity contribution in [3.05, 3.63) is 142 Å². The lowest BCUT2D eigenvalue weighted by Gasteiger charge is -2.20. The molecule has 0 fully saturated rings. The standard InChI is InChI=1S/C30H23Cl2N3O/c31-25-17-16-24(19-26(25)32)35-29(20-28(34-35)23-14-8-3-9-15-23)30(36)33-27(22-12-6-2-7-13-22)18-21-10-4-1-5-11-21/h1-17,19-20,27H,18H2,(H,33,36)/t27-/m0/s1. The van der Waals surface area contributed by atoms with Gasteiger partial charge in [-0.2, -0.15) is 5.10 Å². The lowest BCUT2D eigenvalue weighted by molar-refractivity contribution is 0.0928. The molecule has 0 saturated heterocycles. The van der Waals surface area contributed by atoms with Crippen LogP contribution in [0, 0.1) is 0 Å². The van der Waals surface area contributed by atoms with E-state index in [9.17, 15) is 4.79 Å². The van der Waals surface area contributed by atoms with Gasteiger partial charge >= 0.3 is 0 Å². The Kier molecular flexibility index (Phi) is 7.17. The fourth-order valence-electron chi connectivity index (χ4n) is 4.13. The zero-order chi connectivity index (χ0) is 24.9. The van der Waals surface area contributed by atoms with Crippen LogP contribution in [0.4, 0.5) is 0 Å². The van der Waals surface area contributed by atoms with Gasteiger partial charge in [0.25, 0.3) is 5.91 Å². The molecule has 1 aromatic heterocycles. The summed E-state index contributed by atoms with van der Waals surface area (Å²) < 4.78 is 1.62. The van der Waals surface area contributed by atoms with Gasteiger partial charge in [-0.1, -0.05) is 114 Å². The van der Waals surface area contributed by atoms with E-state index in [0.29, 0.717) is 33.5 Å². The molecule has 6 heteroatoms. The number of amides is 1. The quantitative estimate of drug-likeness (QED) is 0.245. The Morgan fingerprint density at radius 1 is 0.778 bits per heavy atom. The summed E-state index contributed by atoms with van der Waals surface area (Å²) in [6, 6.07) is 36.7. The van der Waals surface area contributed by atoms with Crippen LogP contribution < -0.4 is 5.32 Å². The molecule has 36 heavy (non-hydrogen) atoms. The molecule has 0 spiro atoms. The molecule has 0 unspecified atom stereocenters. The third kappa shape index (κ3) is 5.35. The normalized spacial score (nSPS) is 11.7. The maximum absolute atomic E-state index is 13.8. The molecule has 0 bridgehead atoms. The van der Waals surface area contributed by atoms with Crippen LogP contribution in [0.1, 0.15) is 27.7 Å². The van der Waals surface area contributed by atoms with Gasteiger partial charge in [0.15, 0.2) is 0 Å². The SMILES string of the molecule is O=C(N[C@@H](Cc1ccccc1)c1ccccc1)c1cc(-c2ccccc2)nn1-c1ccc(Cl)c(Cl)c1. The van der Waals surface area contributed by atoms with Crippen molar-refractivity contribution in [3.63, 3.8) is 0 Å². The largest absolute Gasteiger partial charge is 0.344 e. The molecule has 178 valence electrons. The van der Waals surface area contributed by atoms with E-state index in [4.69, 9.17) is 28.3 Å². The number of carbonyl (C=O) groups excluding carboxylic acids is 1. The van der Waals surface area contributed by atoms with Gasteiger partial charge in [0.05, 0.1) is 27.5 Å². The Labute approximate surface area is 220 Å². The second kappa shape index (κ2) is 10.8. The van der Waals surface area contributed by atoms with Gasteiger partial charge in [-0.25, -0.2) is 4.68 Å². The first-order chi connectivity index (χ1) is 17.6. The Balaban J connectivity index is 1.54. The van der Waals surface area contributed by atoms with Crippen molar-refractivity contribution in [2.24, 2.45) is 0 Å². The minimum atomic E-state index is -0.236. The van der Waals surface area contributed by atoms with E-state index in [1.54, 1.807) is 28.9 Å². The first-order valence-corrected chi connectivity index (χ1v) is 12.3. The smallest absolute Gasteiger partial charge is 0.270 e. The second-order valence-corrected chi connectivity index (χ2v) is 9.23. The zero-order valence-electron chi connectivity index (χ0n) is 19.3. The maximum Gasteiger partial charge on any atom is 0.270 e. The van der Waals surface area contributed by atoms with Crippen molar-refractivity contribution in [3.8, 4) is 16.9 Å². The van der Waals surface area contributed by atoms with Crippen LogP contribution in [0.15, 0.2) is 115 Å². The van der Waals surface area contributed by atoms with Gasteiger partial charge in [0.2, 0.25) is 0 Å². The minimum absolute atomic E-state index is 0.224. The number of carbonyl (C=O) groups is 1. The van der Waals surface area contributed by atoms with Gasteiger partial charge in [0, 0.05) is 5.56 Å². The van der Waals surface area contributed by atoms with Gasteiger partial charge < -0.3 is 5.32 Å². The van der Waals surface area contributed by atoms with Gasteiger partial charge in [-0.15, -0.1) is 0 Å². The number of halogens is 2. The molecule has 1 heterocycles. The number of benzene rings is 4. The highest BCUT2D eigenvalue weighted by atomic mass is 35.5. The Bertz CT molecular complexity index is 1470. The summed E-state index contributed by atoms with van der Waals surface area (Å²) in [5.74, 6) is -0.236. The summed E-state index contributed by atoms with van der Waals surface area (Å²) in [5, 5.41) is 8.83. The summed E-state index contributed by atoms with van der Waals surface area (Å²) in [5.41, 5.74) is 4.81. The van der Waals surface area contributed by atoms with Crippen molar-refractivity contribution in [2.45, 2.75) is 12.5 Å². The molecule has 1 amide bonds. The number of rotatable bonds is 7. The topological polar surface area (TPSA) is 46.9 Å². The predicted octanol–water partition coefficient (Wildman–Crippen LogP) is 7.56. The highest BCUT2D eigenvalue weighted by Crippen LogP contribution is 2.28. The molecular weight excluding hydrogens is 489 g/mol. The van der Waals surface area contributed by atoms with Crippen LogP contribution in [-0.4, -0.2) is 15.7 Å².